The number of rotatable bonds is 8. The number of unbranched alkanes of at least 4 members (excludes halogenated alkanes) is 1. The Labute approximate surface area is 132 Å². The van der Waals surface area contributed by atoms with Crippen LogP contribution in [-0.4, -0.2) is 12.6 Å². The fourth-order valence-corrected chi connectivity index (χ4v) is 5.00. The second-order valence-electron chi connectivity index (χ2n) is 8.60. The first-order valence-electron chi connectivity index (χ1n) is 10.0. The van der Waals surface area contributed by atoms with Crippen LogP contribution in [0, 0.1) is 17.3 Å². The average molecular weight is 292 g/mol. The lowest BCUT2D eigenvalue weighted by molar-refractivity contribution is 0.106. The van der Waals surface area contributed by atoms with Crippen LogP contribution in [-0.2, 0) is 0 Å². The van der Waals surface area contributed by atoms with Gasteiger partial charge in [-0.1, -0.05) is 51.9 Å². The normalized spacial score (nSPS) is 34.4. The summed E-state index contributed by atoms with van der Waals surface area (Å²) in [5, 5.41) is 3.90. The molecular formula is C20H37N. The SMILES string of the molecule is CCCCC1CCC(CNC2CC2)(CC2CCCC2)CC1. The van der Waals surface area contributed by atoms with Crippen molar-refractivity contribution in [3.8, 4) is 0 Å². The van der Waals surface area contributed by atoms with Crippen molar-refractivity contribution < 1.29 is 0 Å². The minimum absolute atomic E-state index is 0.681. The van der Waals surface area contributed by atoms with E-state index in [2.05, 4.69) is 12.2 Å². The smallest absolute Gasteiger partial charge is 0.00684 e. The van der Waals surface area contributed by atoms with Gasteiger partial charge in [0.15, 0.2) is 0 Å². The Morgan fingerprint density at radius 2 is 1.62 bits per heavy atom. The first-order chi connectivity index (χ1) is 10.3. The fraction of sp³-hybridized carbons (Fsp3) is 1.00. The highest BCUT2D eigenvalue weighted by Crippen LogP contribution is 2.47. The average Bonchev–Trinajstić information content (AvgIpc) is 3.21. The van der Waals surface area contributed by atoms with Crippen LogP contribution in [0.1, 0.15) is 96.8 Å². The van der Waals surface area contributed by atoms with Gasteiger partial charge in [0.2, 0.25) is 0 Å². The van der Waals surface area contributed by atoms with Gasteiger partial charge < -0.3 is 5.32 Å². The van der Waals surface area contributed by atoms with Gasteiger partial charge in [-0.25, -0.2) is 0 Å². The van der Waals surface area contributed by atoms with Crippen LogP contribution in [0.2, 0.25) is 0 Å². The van der Waals surface area contributed by atoms with Crippen molar-refractivity contribution >= 4 is 0 Å². The van der Waals surface area contributed by atoms with Crippen molar-refractivity contribution in [2.75, 3.05) is 6.54 Å². The van der Waals surface area contributed by atoms with E-state index in [1.807, 2.05) is 0 Å². The third kappa shape index (κ3) is 4.71. The van der Waals surface area contributed by atoms with E-state index < -0.39 is 0 Å². The Balaban J connectivity index is 1.51. The van der Waals surface area contributed by atoms with Gasteiger partial charge in [0.25, 0.3) is 0 Å². The number of hydrogen-bond acceptors (Lipinski definition) is 1. The van der Waals surface area contributed by atoms with Gasteiger partial charge in [-0.05, 0) is 62.2 Å². The maximum absolute atomic E-state index is 3.90. The van der Waals surface area contributed by atoms with Crippen LogP contribution in [0.3, 0.4) is 0 Å². The summed E-state index contributed by atoms with van der Waals surface area (Å²) in [6, 6.07) is 0.892. The largest absolute Gasteiger partial charge is 0.313 e. The molecule has 3 saturated carbocycles. The highest BCUT2D eigenvalue weighted by Gasteiger charge is 2.38. The van der Waals surface area contributed by atoms with E-state index in [-0.39, 0.29) is 0 Å². The summed E-state index contributed by atoms with van der Waals surface area (Å²) in [5.74, 6) is 2.13. The summed E-state index contributed by atoms with van der Waals surface area (Å²) in [5.41, 5.74) is 0.681. The Bertz CT molecular complexity index is 293. The Kier molecular flexibility index (Phi) is 5.65. The molecule has 1 heteroatoms. The Hall–Kier alpha value is -0.0400. The molecule has 0 atom stereocenters. The molecule has 3 aliphatic rings. The zero-order valence-electron chi connectivity index (χ0n) is 14.3. The van der Waals surface area contributed by atoms with Gasteiger partial charge in [0, 0.05) is 12.6 Å². The standard InChI is InChI=1S/C20H37N/c1-2-3-6-17-11-13-20(14-12-17,16-21-19-9-10-19)15-18-7-4-5-8-18/h17-19,21H,2-16H2,1H3. The van der Waals surface area contributed by atoms with E-state index in [0.29, 0.717) is 5.41 Å². The molecule has 0 spiro atoms. The van der Waals surface area contributed by atoms with Crippen LogP contribution in [0.4, 0.5) is 0 Å². The van der Waals surface area contributed by atoms with Crippen LogP contribution in [0.5, 0.6) is 0 Å². The van der Waals surface area contributed by atoms with Crippen LogP contribution in [0.25, 0.3) is 0 Å². The third-order valence-corrected chi connectivity index (χ3v) is 6.67. The third-order valence-electron chi connectivity index (χ3n) is 6.67. The highest BCUT2D eigenvalue weighted by atomic mass is 15.0. The monoisotopic (exact) mass is 291 g/mol. The predicted octanol–water partition coefficient (Wildman–Crippen LogP) is 5.69. The van der Waals surface area contributed by atoms with E-state index in [0.717, 1.165) is 17.9 Å². The van der Waals surface area contributed by atoms with Crippen molar-refractivity contribution in [3.05, 3.63) is 0 Å². The second-order valence-corrected chi connectivity index (χ2v) is 8.60. The first kappa shape index (κ1) is 15.8. The summed E-state index contributed by atoms with van der Waals surface area (Å²) in [7, 11) is 0. The molecule has 0 aromatic carbocycles. The number of nitrogens with one attached hydrogen (secondary N) is 1. The van der Waals surface area contributed by atoms with Gasteiger partial charge in [0.05, 0.1) is 0 Å². The Morgan fingerprint density at radius 1 is 0.905 bits per heavy atom. The molecule has 0 unspecified atom stereocenters. The molecule has 0 heterocycles. The van der Waals surface area contributed by atoms with Gasteiger partial charge in [-0.3, -0.25) is 0 Å². The molecule has 1 nitrogen and oxygen atoms in total. The summed E-state index contributed by atoms with van der Waals surface area (Å²) in [4.78, 5) is 0. The van der Waals surface area contributed by atoms with E-state index in [1.165, 1.54) is 90.0 Å². The lowest BCUT2D eigenvalue weighted by Gasteiger charge is -2.42. The van der Waals surface area contributed by atoms with Gasteiger partial charge in [0.1, 0.15) is 0 Å². The molecule has 1 N–H and O–H groups in total. The number of hydrogen-bond donors (Lipinski definition) is 1. The van der Waals surface area contributed by atoms with E-state index >= 15 is 0 Å². The molecule has 3 rings (SSSR count). The van der Waals surface area contributed by atoms with Gasteiger partial charge in [-0.15, -0.1) is 0 Å². The molecule has 0 amide bonds. The first-order valence-corrected chi connectivity index (χ1v) is 10.0. The highest BCUT2D eigenvalue weighted by molar-refractivity contribution is 4.93. The van der Waals surface area contributed by atoms with E-state index in [1.54, 1.807) is 6.42 Å². The lowest BCUT2D eigenvalue weighted by atomic mass is 9.65. The summed E-state index contributed by atoms with van der Waals surface area (Å²) >= 11 is 0. The van der Waals surface area contributed by atoms with E-state index in [4.69, 9.17) is 0 Å². The molecule has 0 bridgehead atoms. The molecule has 21 heavy (non-hydrogen) atoms. The zero-order valence-corrected chi connectivity index (χ0v) is 14.3. The van der Waals surface area contributed by atoms with Gasteiger partial charge >= 0.3 is 0 Å². The summed E-state index contributed by atoms with van der Waals surface area (Å²) in [6.07, 6.45) is 21.0. The second kappa shape index (κ2) is 7.49. The van der Waals surface area contributed by atoms with Crippen LogP contribution in [0.15, 0.2) is 0 Å². The van der Waals surface area contributed by atoms with E-state index in [9.17, 15) is 0 Å². The molecule has 0 aliphatic heterocycles. The minimum atomic E-state index is 0.681. The molecule has 0 aromatic rings. The van der Waals surface area contributed by atoms with Crippen LogP contribution < -0.4 is 5.32 Å². The molecule has 122 valence electrons. The van der Waals surface area contributed by atoms with Crippen molar-refractivity contribution in [3.63, 3.8) is 0 Å². The zero-order chi connectivity index (χ0) is 14.5. The summed E-state index contributed by atoms with van der Waals surface area (Å²) < 4.78 is 0. The van der Waals surface area contributed by atoms with Crippen molar-refractivity contribution in [1.29, 1.82) is 0 Å². The Morgan fingerprint density at radius 3 is 2.24 bits per heavy atom. The van der Waals surface area contributed by atoms with Crippen molar-refractivity contribution in [2.45, 2.75) is 103 Å². The van der Waals surface area contributed by atoms with Gasteiger partial charge in [-0.2, -0.15) is 0 Å². The molecule has 3 fully saturated rings. The lowest BCUT2D eigenvalue weighted by Crippen LogP contribution is -2.39. The fourth-order valence-electron chi connectivity index (χ4n) is 5.00. The molecular weight excluding hydrogens is 254 g/mol. The predicted molar refractivity (Wildman–Crippen MR) is 91.5 cm³/mol. The quantitative estimate of drug-likeness (QED) is 0.606. The molecule has 0 radical (unpaired) electrons. The molecule has 0 aromatic heterocycles. The topological polar surface area (TPSA) is 12.0 Å². The van der Waals surface area contributed by atoms with Crippen LogP contribution >= 0.6 is 0 Å². The van der Waals surface area contributed by atoms with Crippen molar-refractivity contribution in [1.82, 2.24) is 5.32 Å². The molecule has 3 aliphatic carbocycles. The maximum Gasteiger partial charge on any atom is 0.00684 e. The summed E-state index contributed by atoms with van der Waals surface area (Å²) in [6.45, 7) is 3.68. The maximum atomic E-state index is 3.90. The minimum Gasteiger partial charge on any atom is -0.313 e. The molecule has 0 saturated heterocycles. The van der Waals surface area contributed by atoms with Crippen molar-refractivity contribution in [2.24, 2.45) is 17.3 Å².